The molecule has 0 bridgehead atoms. The Balaban J connectivity index is 1.66. The molecular formula is C30H34BrN3O5S. The quantitative estimate of drug-likeness (QED) is 0.318. The largest absolute Gasteiger partial charge is 0.497 e. The number of carbonyl (C=O) groups excluding carboxylic acids is 2. The summed E-state index contributed by atoms with van der Waals surface area (Å²) in [5, 5.41) is 3.08. The highest BCUT2D eigenvalue weighted by atomic mass is 79.9. The third-order valence-electron chi connectivity index (χ3n) is 7.11. The third-order valence-corrected chi connectivity index (χ3v) is 9.42. The molecule has 1 N–H and O–H groups in total. The molecule has 0 radical (unpaired) electrons. The van der Waals surface area contributed by atoms with Crippen LogP contribution >= 0.6 is 15.9 Å². The molecular weight excluding hydrogens is 594 g/mol. The van der Waals surface area contributed by atoms with Crippen LogP contribution in [0.2, 0.25) is 0 Å². The van der Waals surface area contributed by atoms with Crippen LogP contribution < -0.4 is 14.4 Å². The number of nitrogens with zero attached hydrogens (tertiary/aromatic N) is 2. The molecule has 1 unspecified atom stereocenters. The number of rotatable bonds is 11. The van der Waals surface area contributed by atoms with Crippen molar-refractivity contribution in [1.29, 1.82) is 0 Å². The van der Waals surface area contributed by atoms with Crippen molar-refractivity contribution < 1.29 is 22.7 Å². The van der Waals surface area contributed by atoms with Gasteiger partial charge < -0.3 is 15.0 Å². The summed E-state index contributed by atoms with van der Waals surface area (Å²) in [7, 11) is -2.52. The highest BCUT2D eigenvalue weighted by Crippen LogP contribution is 2.26. The van der Waals surface area contributed by atoms with E-state index in [0.29, 0.717) is 11.4 Å². The van der Waals surface area contributed by atoms with Gasteiger partial charge in [-0.25, -0.2) is 8.42 Å². The normalized spacial score (nSPS) is 14.4. The maximum absolute atomic E-state index is 14.0. The summed E-state index contributed by atoms with van der Waals surface area (Å²) in [6, 6.07) is 21.2. The number of methoxy groups -OCH3 is 1. The lowest BCUT2D eigenvalue weighted by molar-refractivity contribution is -0.139. The number of nitrogens with one attached hydrogen (secondary N) is 1. The molecule has 10 heteroatoms. The van der Waals surface area contributed by atoms with Gasteiger partial charge in [-0.2, -0.15) is 0 Å². The van der Waals surface area contributed by atoms with Gasteiger partial charge in [-0.05, 0) is 73.9 Å². The van der Waals surface area contributed by atoms with E-state index in [9.17, 15) is 18.0 Å². The van der Waals surface area contributed by atoms with Gasteiger partial charge in [0.2, 0.25) is 11.8 Å². The number of amides is 2. The van der Waals surface area contributed by atoms with Gasteiger partial charge >= 0.3 is 0 Å². The second-order valence-electron chi connectivity index (χ2n) is 9.84. The van der Waals surface area contributed by atoms with E-state index in [0.717, 1.165) is 40.0 Å². The van der Waals surface area contributed by atoms with Crippen LogP contribution in [0.5, 0.6) is 5.75 Å². The Hall–Kier alpha value is -3.37. The summed E-state index contributed by atoms with van der Waals surface area (Å²) in [6.45, 7) is 1.33. The van der Waals surface area contributed by atoms with Crippen LogP contribution in [0.25, 0.3) is 0 Å². The van der Waals surface area contributed by atoms with Crippen LogP contribution in [0.1, 0.15) is 38.2 Å². The van der Waals surface area contributed by atoms with Gasteiger partial charge in [0.25, 0.3) is 10.0 Å². The lowest BCUT2D eigenvalue weighted by Crippen LogP contribution is -2.52. The standard InChI is InChI=1S/C30H34BrN3O5S/c1-22(30(36)32-25-8-6-7-9-25)33(20-23-12-18-27(39-2)19-13-23)29(35)21-34(26-16-14-24(31)15-17-26)40(37,38)28-10-4-3-5-11-28/h3-5,10-19,22,25H,6-9,20-21H2,1-2H3,(H,32,36). The zero-order valence-electron chi connectivity index (χ0n) is 22.6. The number of benzene rings is 3. The summed E-state index contributed by atoms with van der Waals surface area (Å²) in [5.74, 6) is -0.0776. The van der Waals surface area contributed by atoms with E-state index < -0.39 is 28.5 Å². The van der Waals surface area contributed by atoms with Crippen LogP contribution in [0, 0.1) is 0 Å². The average molecular weight is 629 g/mol. The number of halogens is 1. The van der Waals surface area contributed by atoms with Crippen molar-refractivity contribution >= 4 is 43.5 Å². The Labute approximate surface area is 244 Å². The first-order valence-electron chi connectivity index (χ1n) is 13.2. The number of hydrogen-bond donors (Lipinski definition) is 1. The lowest BCUT2D eigenvalue weighted by Gasteiger charge is -2.32. The van der Waals surface area contributed by atoms with E-state index >= 15 is 0 Å². The molecule has 212 valence electrons. The zero-order valence-corrected chi connectivity index (χ0v) is 25.0. The summed E-state index contributed by atoms with van der Waals surface area (Å²) < 4.78 is 34.7. The highest BCUT2D eigenvalue weighted by Gasteiger charge is 2.33. The monoisotopic (exact) mass is 627 g/mol. The van der Waals surface area contributed by atoms with Crippen LogP contribution in [-0.4, -0.2) is 50.9 Å². The molecule has 1 saturated carbocycles. The fourth-order valence-corrected chi connectivity index (χ4v) is 6.46. The topological polar surface area (TPSA) is 96.0 Å². The molecule has 3 aromatic rings. The van der Waals surface area contributed by atoms with E-state index in [4.69, 9.17) is 4.74 Å². The average Bonchev–Trinajstić information content (AvgIpc) is 3.48. The second kappa shape index (κ2) is 13.3. The Morgan fingerprint density at radius 1 is 0.975 bits per heavy atom. The van der Waals surface area contributed by atoms with Gasteiger partial charge in [0, 0.05) is 17.1 Å². The molecule has 40 heavy (non-hydrogen) atoms. The van der Waals surface area contributed by atoms with Crippen LogP contribution in [0.4, 0.5) is 5.69 Å². The van der Waals surface area contributed by atoms with Crippen molar-refractivity contribution in [3.8, 4) is 5.75 Å². The minimum Gasteiger partial charge on any atom is -0.497 e. The number of carbonyl (C=O) groups is 2. The summed E-state index contributed by atoms with van der Waals surface area (Å²) in [4.78, 5) is 28.8. The van der Waals surface area contributed by atoms with E-state index in [2.05, 4.69) is 21.2 Å². The number of sulfonamides is 1. The van der Waals surface area contributed by atoms with Gasteiger partial charge in [0.1, 0.15) is 18.3 Å². The Morgan fingerprint density at radius 2 is 1.60 bits per heavy atom. The summed E-state index contributed by atoms with van der Waals surface area (Å²) in [6.07, 6.45) is 3.95. The zero-order chi connectivity index (χ0) is 28.7. The molecule has 0 aromatic heterocycles. The molecule has 4 rings (SSSR count). The molecule has 3 aromatic carbocycles. The fraction of sp³-hybridized carbons (Fsp3) is 0.333. The second-order valence-corrected chi connectivity index (χ2v) is 12.6. The van der Waals surface area contributed by atoms with Crippen molar-refractivity contribution in [2.24, 2.45) is 0 Å². The van der Waals surface area contributed by atoms with Crippen molar-refractivity contribution in [3.63, 3.8) is 0 Å². The SMILES string of the molecule is COc1ccc(CN(C(=O)CN(c2ccc(Br)cc2)S(=O)(=O)c2ccccc2)C(C)C(=O)NC2CCCC2)cc1. The Bertz CT molecular complexity index is 1390. The Morgan fingerprint density at radius 3 is 2.20 bits per heavy atom. The maximum atomic E-state index is 14.0. The van der Waals surface area contributed by atoms with E-state index in [-0.39, 0.29) is 23.4 Å². The van der Waals surface area contributed by atoms with Crippen LogP contribution in [0.15, 0.2) is 88.2 Å². The lowest BCUT2D eigenvalue weighted by atomic mass is 10.1. The van der Waals surface area contributed by atoms with Gasteiger partial charge in [-0.1, -0.05) is 59.1 Å². The first kappa shape index (κ1) is 29.6. The van der Waals surface area contributed by atoms with Crippen molar-refractivity contribution in [2.75, 3.05) is 18.0 Å². The summed E-state index contributed by atoms with van der Waals surface area (Å²) >= 11 is 3.39. The smallest absolute Gasteiger partial charge is 0.264 e. The molecule has 8 nitrogen and oxygen atoms in total. The molecule has 0 saturated heterocycles. The van der Waals surface area contributed by atoms with E-state index in [1.807, 2.05) is 12.1 Å². The minimum absolute atomic E-state index is 0.0689. The van der Waals surface area contributed by atoms with Crippen molar-refractivity contribution in [2.45, 2.75) is 56.1 Å². The third kappa shape index (κ3) is 7.22. The molecule has 1 atom stereocenters. The maximum Gasteiger partial charge on any atom is 0.264 e. The predicted molar refractivity (Wildman–Crippen MR) is 159 cm³/mol. The minimum atomic E-state index is -4.09. The molecule has 0 heterocycles. The molecule has 1 fully saturated rings. The Kier molecular flexibility index (Phi) is 9.86. The number of ether oxygens (including phenoxy) is 1. The van der Waals surface area contributed by atoms with Crippen molar-refractivity contribution in [1.82, 2.24) is 10.2 Å². The molecule has 1 aliphatic carbocycles. The molecule has 2 amide bonds. The molecule has 1 aliphatic rings. The van der Waals surface area contributed by atoms with Crippen molar-refractivity contribution in [3.05, 3.63) is 88.9 Å². The summed E-state index contributed by atoms with van der Waals surface area (Å²) in [5.41, 5.74) is 1.13. The van der Waals surface area contributed by atoms with Gasteiger partial charge in [-0.15, -0.1) is 0 Å². The first-order valence-corrected chi connectivity index (χ1v) is 15.5. The predicted octanol–water partition coefficient (Wildman–Crippen LogP) is 5.13. The number of anilines is 1. The molecule has 0 spiro atoms. The fourth-order valence-electron chi connectivity index (χ4n) is 4.76. The van der Waals surface area contributed by atoms with Crippen LogP contribution in [0.3, 0.4) is 0 Å². The highest BCUT2D eigenvalue weighted by molar-refractivity contribution is 9.10. The van der Waals surface area contributed by atoms with Gasteiger partial charge in [0.05, 0.1) is 17.7 Å². The van der Waals surface area contributed by atoms with Gasteiger partial charge in [0.15, 0.2) is 0 Å². The first-order chi connectivity index (χ1) is 19.2. The van der Waals surface area contributed by atoms with Crippen LogP contribution in [-0.2, 0) is 26.2 Å². The number of hydrogen-bond acceptors (Lipinski definition) is 5. The van der Waals surface area contributed by atoms with E-state index in [1.54, 1.807) is 68.6 Å². The van der Waals surface area contributed by atoms with Gasteiger partial charge in [-0.3, -0.25) is 13.9 Å². The molecule has 0 aliphatic heterocycles. The van der Waals surface area contributed by atoms with E-state index in [1.165, 1.54) is 17.0 Å².